The number of amides is 1. The zero-order chi connectivity index (χ0) is 14.5. The van der Waals surface area contributed by atoms with Crippen LogP contribution >= 0.6 is 11.6 Å². The lowest BCUT2D eigenvalue weighted by Gasteiger charge is -2.31. The smallest absolute Gasteiger partial charge is 0.254 e. The maximum atomic E-state index is 12.5. The third-order valence-electron chi connectivity index (χ3n) is 3.54. The molecule has 1 aliphatic rings. The van der Waals surface area contributed by atoms with Crippen LogP contribution in [0, 0.1) is 5.92 Å². The first-order chi connectivity index (χ1) is 9.60. The molecule has 20 heavy (non-hydrogen) atoms. The van der Waals surface area contributed by atoms with E-state index in [9.17, 15) is 4.79 Å². The Morgan fingerprint density at radius 1 is 1.55 bits per heavy atom. The molecular weight excluding hydrogens is 274 g/mol. The van der Waals surface area contributed by atoms with E-state index in [1.807, 2.05) is 4.90 Å². The minimum absolute atomic E-state index is 0.0559. The van der Waals surface area contributed by atoms with Gasteiger partial charge in [0.25, 0.3) is 5.91 Å². The number of halogens is 1. The number of anilines is 1. The lowest BCUT2D eigenvalue weighted by molar-refractivity contribution is 0.0683. The first kappa shape index (κ1) is 15.1. The molecule has 1 unspecified atom stereocenters. The summed E-state index contributed by atoms with van der Waals surface area (Å²) in [6, 6.07) is 3.45. The van der Waals surface area contributed by atoms with Crippen molar-refractivity contribution in [2.45, 2.75) is 33.1 Å². The molecule has 0 radical (unpaired) electrons. The van der Waals surface area contributed by atoms with Crippen LogP contribution < -0.4 is 5.32 Å². The molecule has 110 valence electrons. The fourth-order valence-corrected chi connectivity index (χ4v) is 2.73. The van der Waals surface area contributed by atoms with Crippen LogP contribution in [0.25, 0.3) is 0 Å². The predicted octanol–water partition coefficient (Wildman–Crippen LogP) is 3.43. The summed E-state index contributed by atoms with van der Waals surface area (Å²) in [5.74, 6) is 1.30. The summed E-state index contributed by atoms with van der Waals surface area (Å²) in [6.07, 6.45) is 3.28. The minimum Gasteiger partial charge on any atom is -0.370 e. The Labute approximate surface area is 125 Å². The van der Waals surface area contributed by atoms with E-state index >= 15 is 0 Å². The van der Waals surface area contributed by atoms with E-state index in [-0.39, 0.29) is 5.91 Å². The summed E-state index contributed by atoms with van der Waals surface area (Å²) >= 11 is 6.02. The van der Waals surface area contributed by atoms with Gasteiger partial charge in [-0.05, 0) is 37.3 Å². The van der Waals surface area contributed by atoms with Crippen molar-refractivity contribution in [1.82, 2.24) is 9.88 Å². The van der Waals surface area contributed by atoms with E-state index in [0.29, 0.717) is 22.5 Å². The molecule has 1 N–H and O–H groups in total. The van der Waals surface area contributed by atoms with Gasteiger partial charge < -0.3 is 10.2 Å². The zero-order valence-electron chi connectivity index (χ0n) is 12.2. The largest absolute Gasteiger partial charge is 0.370 e. The van der Waals surface area contributed by atoms with Crippen LogP contribution in [0.4, 0.5) is 5.82 Å². The first-order valence-electron chi connectivity index (χ1n) is 7.31. The number of hydrogen-bond donors (Lipinski definition) is 1. The van der Waals surface area contributed by atoms with Crippen molar-refractivity contribution in [1.29, 1.82) is 0 Å². The van der Waals surface area contributed by atoms with Crippen LogP contribution in [0.15, 0.2) is 12.1 Å². The number of pyridine rings is 1. The fourth-order valence-electron chi connectivity index (χ4n) is 2.52. The molecule has 0 aliphatic carbocycles. The summed E-state index contributed by atoms with van der Waals surface area (Å²) in [6.45, 7) is 6.75. The quantitative estimate of drug-likeness (QED) is 0.866. The average molecular weight is 296 g/mol. The van der Waals surface area contributed by atoms with E-state index < -0.39 is 0 Å². The van der Waals surface area contributed by atoms with Gasteiger partial charge in [0.2, 0.25) is 0 Å². The highest BCUT2D eigenvalue weighted by Crippen LogP contribution is 2.20. The molecule has 4 nitrogen and oxygen atoms in total. The Hall–Kier alpha value is -1.29. The van der Waals surface area contributed by atoms with Crippen LogP contribution in [0.5, 0.6) is 0 Å². The van der Waals surface area contributed by atoms with E-state index in [1.54, 1.807) is 12.1 Å². The van der Waals surface area contributed by atoms with Crippen LogP contribution in [0.1, 0.15) is 43.5 Å². The summed E-state index contributed by atoms with van der Waals surface area (Å²) in [4.78, 5) is 18.7. The molecule has 1 aromatic rings. The summed E-state index contributed by atoms with van der Waals surface area (Å²) in [7, 11) is 0. The minimum atomic E-state index is 0.0559. The van der Waals surface area contributed by atoms with Crippen molar-refractivity contribution in [3.8, 4) is 0 Å². The Balaban J connectivity index is 2.14. The highest BCUT2D eigenvalue weighted by molar-refractivity contribution is 6.29. The normalized spacial score (nSPS) is 18.9. The Morgan fingerprint density at radius 2 is 2.35 bits per heavy atom. The lowest BCUT2D eigenvalue weighted by Crippen LogP contribution is -2.39. The molecular formula is C15H22ClN3O. The maximum Gasteiger partial charge on any atom is 0.254 e. The molecule has 1 fully saturated rings. The van der Waals surface area contributed by atoms with Gasteiger partial charge in [-0.1, -0.05) is 25.4 Å². The molecule has 1 aromatic heterocycles. The monoisotopic (exact) mass is 295 g/mol. The number of hydrogen-bond acceptors (Lipinski definition) is 3. The highest BCUT2D eigenvalue weighted by atomic mass is 35.5. The number of nitrogens with zero attached hydrogens (tertiary/aromatic N) is 2. The SMILES string of the molecule is CCCNc1cc(C(=O)N2CCCC(C)C2)cc(Cl)n1. The van der Waals surface area contributed by atoms with Gasteiger partial charge in [-0.15, -0.1) is 0 Å². The molecule has 5 heteroatoms. The van der Waals surface area contributed by atoms with Crippen LogP contribution in [-0.2, 0) is 0 Å². The number of nitrogens with one attached hydrogen (secondary N) is 1. The number of piperidine rings is 1. The molecule has 0 saturated carbocycles. The molecule has 2 rings (SSSR count). The number of rotatable bonds is 4. The topological polar surface area (TPSA) is 45.2 Å². The summed E-state index contributed by atoms with van der Waals surface area (Å²) in [5.41, 5.74) is 0.623. The molecule has 0 spiro atoms. The summed E-state index contributed by atoms with van der Waals surface area (Å²) < 4.78 is 0. The second-order valence-electron chi connectivity index (χ2n) is 5.49. The van der Waals surface area contributed by atoms with Gasteiger partial charge in [0.1, 0.15) is 11.0 Å². The van der Waals surface area contributed by atoms with Crippen LogP contribution in [-0.4, -0.2) is 35.4 Å². The second kappa shape index (κ2) is 6.93. The van der Waals surface area contributed by atoms with Gasteiger partial charge in [-0.2, -0.15) is 0 Å². The standard InChI is InChI=1S/C15H22ClN3O/c1-3-6-17-14-9-12(8-13(16)18-14)15(20)19-7-4-5-11(2)10-19/h8-9,11H,3-7,10H2,1-2H3,(H,17,18). The molecule has 1 amide bonds. The van der Waals surface area contributed by atoms with E-state index in [1.165, 1.54) is 6.42 Å². The molecule has 0 bridgehead atoms. The fraction of sp³-hybridized carbons (Fsp3) is 0.600. The number of carbonyl (C=O) groups excluding carboxylic acids is 1. The second-order valence-corrected chi connectivity index (χ2v) is 5.88. The number of aromatic nitrogens is 1. The van der Waals surface area contributed by atoms with Gasteiger partial charge in [0.15, 0.2) is 0 Å². The molecule has 1 aliphatic heterocycles. The van der Waals surface area contributed by atoms with Gasteiger partial charge in [-0.3, -0.25) is 4.79 Å². The summed E-state index contributed by atoms with van der Waals surface area (Å²) in [5, 5.41) is 3.54. The molecule has 1 atom stereocenters. The van der Waals surface area contributed by atoms with Crippen molar-refractivity contribution < 1.29 is 4.79 Å². The van der Waals surface area contributed by atoms with Crippen molar-refractivity contribution in [2.24, 2.45) is 5.92 Å². The van der Waals surface area contributed by atoms with Gasteiger partial charge in [-0.25, -0.2) is 4.98 Å². The third-order valence-corrected chi connectivity index (χ3v) is 3.74. The number of carbonyl (C=O) groups is 1. The maximum absolute atomic E-state index is 12.5. The third kappa shape index (κ3) is 3.85. The highest BCUT2D eigenvalue weighted by Gasteiger charge is 2.22. The predicted molar refractivity (Wildman–Crippen MR) is 82.3 cm³/mol. The van der Waals surface area contributed by atoms with E-state index in [4.69, 9.17) is 11.6 Å². The molecule has 2 heterocycles. The van der Waals surface area contributed by atoms with Crippen LogP contribution in [0.3, 0.4) is 0 Å². The van der Waals surface area contributed by atoms with Crippen molar-refractivity contribution >= 4 is 23.3 Å². The molecule has 1 saturated heterocycles. The van der Waals surface area contributed by atoms with Gasteiger partial charge in [0.05, 0.1) is 0 Å². The van der Waals surface area contributed by atoms with Crippen LogP contribution in [0.2, 0.25) is 5.15 Å². The zero-order valence-corrected chi connectivity index (χ0v) is 12.9. The Morgan fingerprint density at radius 3 is 3.05 bits per heavy atom. The molecule has 0 aromatic carbocycles. The van der Waals surface area contributed by atoms with Crippen molar-refractivity contribution in [3.63, 3.8) is 0 Å². The van der Waals surface area contributed by atoms with E-state index in [2.05, 4.69) is 24.1 Å². The number of likely N-dealkylation sites (tertiary alicyclic amines) is 1. The Bertz CT molecular complexity index is 478. The average Bonchev–Trinajstić information content (AvgIpc) is 2.43. The lowest BCUT2D eigenvalue weighted by atomic mass is 9.99. The van der Waals surface area contributed by atoms with Crippen molar-refractivity contribution in [2.75, 3.05) is 25.0 Å². The van der Waals surface area contributed by atoms with Gasteiger partial charge in [0, 0.05) is 25.2 Å². The van der Waals surface area contributed by atoms with E-state index in [0.717, 1.165) is 32.5 Å². The first-order valence-corrected chi connectivity index (χ1v) is 7.68. The van der Waals surface area contributed by atoms with Gasteiger partial charge >= 0.3 is 0 Å². The van der Waals surface area contributed by atoms with Crippen molar-refractivity contribution in [3.05, 3.63) is 22.8 Å². The Kier molecular flexibility index (Phi) is 5.24.